The number of rotatable bonds is 5. The van der Waals surface area contributed by atoms with Crippen LogP contribution in [0, 0.1) is 23.7 Å². The van der Waals surface area contributed by atoms with E-state index in [2.05, 4.69) is 34.7 Å². The molecule has 0 aromatic carbocycles. The van der Waals surface area contributed by atoms with Crippen molar-refractivity contribution in [3.05, 3.63) is 17.3 Å². The number of hydrogen-bond acceptors (Lipinski definition) is 4. The molecular formula is C21H30N4O. The van der Waals surface area contributed by atoms with Crippen LogP contribution in [0.25, 0.3) is 0 Å². The van der Waals surface area contributed by atoms with Crippen LogP contribution in [-0.2, 0) is 0 Å². The Labute approximate surface area is 155 Å². The zero-order chi connectivity index (χ0) is 17.8. The first-order chi connectivity index (χ1) is 12.6. The maximum absolute atomic E-state index is 13.1. The molecule has 0 atom stereocenters. The normalized spacial score (nSPS) is 35.0. The summed E-state index contributed by atoms with van der Waals surface area (Å²) >= 11 is 0. The molecule has 0 spiro atoms. The number of carbonyl (C=O) groups excluding carboxylic acids is 1. The van der Waals surface area contributed by atoms with Gasteiger partial charge < -0.3 is 10.6 Å². The zero-order valence-corrected chi connectivity index (χ0v) is 15.9. The molecule has 2 N–H and O–H groups in total. The molecule has 6 rings (SSSR count). The van der Waals surface area contributed by atoms with E-state index < -0.39 is 0 Å². The Hall–Kier alpha value is -1.65. The Balaban J connectivity index is 1.34. The number of nitrogens with zero attached hydrogens (tertiary/aromatic N) is 2. The monoisotopic (exact) mass is 354 g/mol. The van der Waals surface area contributed by atoms with Crippen molar-refractivity contribution in [1.82, 2.24) is 15.5 Å². The van der Waals surface area contributed by atoms with Gasteiger partial charge >= 0.3 is 0 Å². The van der Waals surface area contributed by atoms with E-state index in [-0.39, 0.29) is 11.8 Å². The quantitative estimate of drug-likeness (QED) is 0.845. The first-order valence-corrected chi connectivity index (χ1v) is 10.5. The summed E-state index contributed by atoms with van der Waals surface area (Å²) in [5.41, 5.74) is 1.53. The summed E-state index contributed by atoms with van der Waals surface area (Å²) < 4.78 is 0. The van der Waals surface area contributed by atoms with Crippen molar-refractivity contribution in [2.24, 2.45) is 23.7 Å². The van der Waals surface area contributed by atoms with Crippen LogP contribution in [0.3, 0.4) is 0 Å². The molecular weight excluding hydrogens is 324 g/mol. The molecule has 1 amide bonds. The fourth-order valence-electron chi connectivity index (χ4n) is 5.91. The molecule has 26 heavy (non-hydrogen) atoms. The Kier molecular flexibility index (Phi) is 3.94. The van der Waals surface area contributed by atoms with Gasteiger partial charge in [0.15, 0.2) is 5.69 Å². The second-order valence-corrected chi connectivity index (χ2v) is 9.54. The van der Waals surface area contributed by atoms with Crippen LogP contribution in [0.1, 0.15) is 80.8 Å². The highest BCUT2D eigenvalue weighted by molar-refractivity contribution is 5.94. The van der Waals surface area contributed by atoms with Crippen LogP contribution in [-0.4, -0.2) is 28.2 Å². The van der Waals surface area contributed by atoms with Gasteiger partial charge in [0, 0.05) is 12.1 Å². The summed E-state index contributed by atoms with van der Waals surface area (Å²) in [5, 5.41) is 15.4. The van der Waals surface area contributed by atoms with Crippen molar-refractivity contribution < 1.29 is 4.79 Å². The lowest BCUT2D eigenvalue weighted by Crippen LogP contribution is -2.56. The Morgan fingerprint density at radius 1 is 1.04 bits per heavy atom. The van der Waals surface area contributed by atoms with Crippen molar-refractivity contribution >= 4 is 11.7 Å². The lowest BCUT2D eigenvalue weighted by Gasteiger charge is -2.54. The highest BCUT2D eigenvalue weighted by Gasteiger charge is 2.48. The summed E-state index contributed by atoms with van der Waals surface area (Å²) in [6.45, 7) is 4.25. The third kappa shape index (κ3) is 2.99. The molecule has 0 radical (unpaired) electrons. The third-order valence-electron chi connectivity index (χ3n) is 7.11. The first kappa shape index (κ1) is 16.5. The fourth-order valence-corrected chi connectivity index (χ4v) is 5.91. The van der Waals surface area contributed by atoms with E-state index in [1.807, 2.05) is 6.07 Å². The molecule has 140 valence electrons. The van der Waals surface area contributed by atoms with Gasteiger partial charge in [-0.2, -0.15) is 0 Å². The van der Waals surface area contributed by atoms with Crippen molar-refractivity contribution in [1.29, 1.82) is 0 Å². The van der Waals surface area contributed by atoms with Crippen molar-refractivity contribution in [3.63, 3.8) is 0 Å². The molecule has 0 aliphatic heterocycles. The van der Waals surface area contributed by atoms with Crippen LogP contribution in [0.15, 0.2) is 6.07 Å². The van der Waals surface area contributed by atoms with Crippen LogP contribution >= 0.6 is 0 Å². The van der Waals surface area contributed by atoms with Gasteiger partial charge in [0.05, 0.1) is 0 Å². The third-order valence-corrected chi connectivity index (χ3v) is 7.11. The fraction of sp³-hybridized carbons (Fsp3) is 0.762. The molecule has 5 fully saturated rings. The van der Waals surface area contributed by atoms with E-state index in [0.717, 1.165) is 23.2 Å². The molecule has 5 aliphatic carbocycles. The van der Waals surface area contributed by atoms with Gasteiger partial charge in [-0.15, -0.1) is 10.2 Å². The molecule has 1 aromatic heterocycles. The smallest absolute Gasteiger partial charge is 0.272 e. The van der Waals surface area contributed by atoms with E-state index >= 15 is 0 Å². The summed E-state index contributed by atoms with van der Waals surface area (Å²) in [5.74, 6) is 4.25. The Morgan fingerprint density at radius 2 is 1.69 bits per heavy atom. The average molecular weight is 354 g/mol. The average Bonchev–Trinajstić information content (AvgIpc) is 3.41. The molecule has 4 bridgehead atoms. The summed E-state index contributed by atoms with van der Waals surface area (Å²) in [4.78, 5) is 13.1. The summed E-state index contributed by atoms with van der Waals surface area (Å²) in [7, 11) is 0. The molecule has 1 aromatic rings. The SMILES string of the molecule is CC(C)c1cc(NC2CC2)nnc1C(=O)NC1C2CC3CC(C2)CC1C3. The van der Waals surface area contributed by atoms with Gasteiger partial charge in [-0.1, -0.05) is 13.8 Å². The largest absolute Gasteiger partial charge is 0.366 e. The zero-order valence-electron chi connectivity index (χ0n) is 15.9. The maximum atomic E-state index is 13.1. The molecule has 5 aliphatic rings. The number of hydrogen-bond donors (Lipinski definition) is 2. The summed E-state index contributed by atoms with van der Waals surface area (Å²) in [6.07, 6.45) is 9.08. The molecule has 5 heteroatoms. The van der Waals surface area contributed by atoms with Gasteiger partial charge in [-0.05, 0) is 86.2 Å². The van der Waals surface area contributed by atoms with Crippen LogP contribution in [0.2, 0.25) is 0 Å². The molecule has 1 heterocycles. The van der Waals surface area contributed by atoms with E-state index in [9.17, 15) is 4.79 Å². The minimum Gasteiger partial charge on any atom is -0.366 e. The number of carbonyl (C=O) groups is 1. The van der Waals surface area contributed by atoms with Crippen LogP contribution in [0.4, 0.5) is 5.82 Å². The molecule has 0 unspecified atom stereocenters. The van der Waals surface area contributed by atoms with Crippen LogP contribution < -0.4 is 10.6 Å². The predicted molar refractivity (Wildman–Crippen MR) is 101 cm³/mol. The topological polar surface area (TPSA) is 66.9 Å². The van der Waals surface area contributed by atoms with E-state index in [1.165, 1.54) is 44.9 Å². The first-order valence-electron chi connectivity index (χ1n) is 10.5. The number of nitrogens with one attached hydrogen (secondary N) is 2. The van der Waals surface area contributed by atoms with Crippen molar-refractivity contribution in [2.45, 2.75) is 76.8 Å². The van der Waals surface area contributed by atoms with Gasteiger partial charge in [0.25, 0.3) is 5.91 Å². The molecule has 0 saturated heterocycles. The van der Waals surface area contributed by atoms with Gasteiger partial charge in [0.1, 0.15) is 5.82 Å². The van der Waals surface area contributed by atoms with Gasteiger partial charge in [0.2, 0.25) is 0 Å². The number of anilines is 1. The van der Waals surface area contributed by atoms with Gasteiger partial charge in [-0.3, -0.25) is 4.79 Å². The highest BCUT2D eigenvalue weighted by Crippen LogP contribution is 2.53. The maximum Gasteiger partial charge on any atom is 0.272 e. The Bertz CT molecular complexity index is 684. The second kappa shape index (κ2) is 6.21. The second-order valence-electron chi connectivity index (χ2n) is 9.54. The van der Waals surface area contributed by atoms with E-state index in [4.69, 9.17) is 0 Å². The van der Waals surface area contributed by atoms with Gasteiger partial charge in [-0.25, -0.2) is 0 Å². The summed E-state index contributed by atoms with van der Waals surface area (Å²) in [6, 6.07) is 2.92. The number of aromatic nitrogens is 2. The van der Waals surface area contributed by atoms with Crippen molar-refractivity contribution in [3.8, 4) is 0 Å². The Morgan fingerprint density at radius 3 is 2.27 bits per heavy atom. The molecule has 5 nitrogen and oxygen atoms in total. The standard InChI is InChI=1S/C21H30N4O/c1-11(2)17-10-18(22-16-3-4-16)24-25-20(17)21(26)23-19-14-6-12-5-13(8-14)9-15(19)7-12/h10-16,19H,3-9H2,1-2H3,(H,22,24)(H,23,26). The minimum absolute atomic E-state index is 0.0170. The van der Waals surface area contributed by atoms with E-state index in [0.29, 0.717) is 29.6 Å². The highest BCUT2D eigenvalue weighted by atomic mass is 16.2. The van der Waals surface area contributed by atoms with Crippen molar-refractivity contribution in [2.75, 3.05) is 5.32 Å². The minimum atomic E-state index is -0.0170. The van der Waals surface area contributed by atoms with E-state index in [1.54, 1.807) is 0 Å². The predicted octanol–water partition coefficient (Wildman–Crippen LogP) is 3.73. The number of amides is 1. The lowest BCUT2D eigenvalue weighted by atomic mass is 9.54. The molecule has 5 saturated carbocycles. The lowest BCUT2D eigenvalue weighted by molar-refractivity contribution is -0.0120. The van der Waals surface area contributed by atoms with Crippen LogP contribution in [0.5, 0.6) is 0 Å².